The molecule has 7 nitrogen and oxygen atoms in total. The molecule has 0 bridgehead atoms. The highest BCUT2D eigenvalue weighted by atomic mass is 19.4. The van der Waals surface area contributed by atoms with Gasteiger partial charge in [0.25, 0.3) is 0 Å². The monoisotopic (exact) mass is 654 g/mol. The van der Waals surface area contributed by atoms with E-state index in [1.807, 2.05) is 25.1 Å². The third-order valence-corrected chi connectivity index (χ3v) is 7.19. The predicted molar refractivity (Wildman–Crippen MR) is 169 cm³/mol. The first-order chi connectivity index (χ1) is 22.2. The van der Waals surface area contributed by atoms with Crippen molar-refractivity contribution in [2.75, 3.05) is 25.2 Å². The van der Waals surface area contributed by atoms with Crippen LogP contribution in [0, 0.1) is 6.92 Å². The summed E-state index contributed by atoms with van der Waals surface area (Å²) in [7, 11) is 1.38. The molecule has 0 saturated heterocycles. The fourth-order valence-corrected chi connectivity index (χ4v) is 4.63. The van der Waals surface area contributed by atoms with Gasteiger partial charge in [-0.1, -0.05) is 30.3 Å². The Hall–Kier alpha value is -5.39. The minimum Gasteiger partial charge on any atom is -0.494 e. The van der Waals surface area contributed by atoms with E-state index in [4.69, 9.17) is 25.7 Å². The summed E-state index contributed by atoms with van der Waals surface area (Å²) in [5, 5.41) is 0. The molecule has 0 aromatic heterocycles. The zero-order chi connectivity index (χ0) is 34.4. The van der Waals surface area contributed by atoms with Crippen LogP contribution >= 0.6 is 0 Å². The van der Waals surface area contributed by atoms with Gasteiger partial charge in [-0.15, -0.1) is 0 Å². The van der Waals surface area contributed by atoms with Crippen LogP contribution in [0.2, 0.25) is 0 Å². The van der Waals surface area contributed by atoms with E-state index in [9.17, 15) is 31.5 Å². The van der Waals surface area contributed by atoms with Gasteiger partial charge >= 0.3 is 18.1 Å². The first-order valence-corrected chi connectivity index (χ1v) is 14.2. The van der Waals surface area contributed by atoms with Gasteiger partial charge < -0.3 is 25.7 Å². The van der Waals surface area contributed by atoms with Gasteiger partial charge in [0.1, 0.15) is 5.75 Å². The molecule has 12 heteroatoms. The van der Waals surface area contributed by atoms with Gasteiger partial charge in [0, 0.05) is 23.4 Å². The minimum absolute atomic E-state index is 0.100. The van der Waals surface area contributed by atoms with Crippen LogP contribution in [0.1, 0.15) is 44.7 Å². The summed E-state index contributed by atoms with van der Waals surface area (Å²) < 4.78 is 78.9. The number of ether oxygens (including phenoxy) is 3. The molecule has 0 aliphatic carbocycles. The maximum atomic E-state index is 13.2. The van der Waals surface area contributed by atoms with Crippen molar-refractivity contribution in [3.63, 3.8) is 0 Å². The van der Waals surface area contributed by atoms with E-state index in [-0.39, 0.29) is 35.2 Å². The topological polar surface area (TPSA) is 114 Å². The maximum Gasteiger partial charge on any atom is 0.453 e. The Kier molecular flexibility index (Phi) is 10.5. The molecular formula is C35H31F5N2O5. The third kappa shape index (κ3) is 8.46. The van der Waals surface area contributed by atoms with Crippen LogP contribution in [0.4, 0.5) is 33.3 Å². The summed E-state index contributed by atoms with van der Waals surface area (Å²) in [6.07, 6.45) is -4.58. The lowest BCUT2D eigenvalue weighted by Gasteiger charge is -2.19. The van der Waals surface area contributed by atoms with E-state index >= 15 is 0 Å². The van der Waals surface area contributed by atoms with E-state index in [0.29, 0.717) is 22.5 Å². The number of esters is 1. The molecular weight excluding hydrogens is 623 g/mol. The Morgan fingerprint density at radius 1 is 0.851 bits per heavy atom. The number of rotatable bonds is 12. The van der Waals surface area contributed by atoms with Crippen molar-refractivity contribution in [3.05, 3.63) is 107 Å². The number of allylic oxidation sites excluding steroid dienone is 1. The second kappa shape index (κ2) is 14.4. The van der Waals surface area contributed by atoms with Crippen LogP contribution in [0.3, 0.4) is 0 Å². The van der Waals surface area contributed by atoms with Gasteiger partial charge in [-0.2, -0.15) is 22.0 Å². The number of hydrogen-bond acceptors (Lipinski definition) is 7. The summed E-state index contributed by atoms with van der Waals surface area (Å²) in [6.45, 7) is 1.45. The van der Waals surface area contributed by atoms with E-state index in [1.165, 1.54) is 43.5 Å². The second-order valence-corrected chi connectivity index (χ2v) is 10.5. The van der Waals surface area contributed by atoms with Crippen LogP contribution < -0.4 is 25.7 Å². The Balaban J connectivity index is 1.39. The molecule has 0 aliphatic rings. The number of nitrogen functional groups attached to an aromatic ring is 2. The lowest BCUT2D eigenvalue weighted by Crippen LogP contribution is -2.36. The van der Waals surface area contributed by atoms with Crippen molar-refractivity contribution in [3.8, 4) is 28.4 Å². The summed E-state index contributed by atoms with van der Waals surface area (Å²) in [5.41, 5.74) is 16.5. The lowest BCUT2D eigenvalue weighted by molar-refractivity contribution is -0.284. The smallest absolute Gasteiger partial charge is 0.453 e. The van der Waals surface area contributed by atoms with Gasteiger partial charge in [-0.05, 0) is 96.3 Å². The lowest BCUT2D eigenvalue weighted by atomic mass is 9.93. The van der Waals surface area contributed by atoms with Crippen LogP contribution in [0.25, 0.3) is 17.2 Å². The largest absolute Gasteiger partial charge is 0.494 e. The molecule has 0 amide bonds. The molecule has 0 fully saturated rings. The first kappa shape index (κ1) is 34.5. The van der Waals surface area contributed by atoms with Crippen molar-refractivity contribution in [2.24, 2.45) is 0 Å². The summed E-state index contributed by atoms with van der Waals surface area (Å²) >= 11 is 0. The minimum atomic E-state index is -5.62. The van der Waals surface area contributed by atoms with Crippen molar-refractivity contribution in [1.82, 2.24) is 0 Å². The zero-order valence-electron chi connectivity index (χ0n) is 25.4. The number of alkyl halides is 5. The standard InChI is InChI=1S/C35H31F5N2O5/c1-21-27(23-6-10-25(41)11-7-23)14-15-28(42)32(21)29(43)16-4-22-5-17-30(31(20-22)45-2)47-33(44)24-8-12-26(13-9-24)46-19-3-18-34(36,37)35(38,39)40/h4-17,20H,3,18-19,41-42H2,1-2H3/b16-4+. The number of carbonyl (C=O) groups excluding carboxylic acids is 2. The molecule has 246 valence electrons. The molecule has 4 aromatic rings. The number of carbonyl (C=O) groups is 2. The van der Waals surface area contributed by atoms with Gasteiger partial charge in [0.15, 0.2) is 17.3 Å². The number of hydrogen-bond donors (Lipinski definition) is 2. The maximum absolute atomic E-state index is 13.2. The van der Waals surface area contributed by atoms with Crippen LogP contribution in [0.5, 0.6) is 17.2 Å². The van der Waals surface area contributed by atoms with E-state index < -0.39 is 30.9 Å². The molecule has 0 atom stereocenters. The average Bonchev–Trinajstić information content (AvgIpc) is 3.03. The number of benzene rings is 4. The molecule has 0 aliphatic heterocycles. The van der Waals surface area contributed by atoms with Crippen LogP contribution in [-0.4, -0.2) is 37.6 Å². The van der Waals surface area contributed by atoms with E-state index in [1.54, 1.807) is 36.4 Å². The number of anilines is 2. The SMILES string of the molecule is COc1cc(/C=C/C(=O)c2c(N)ccc(-c3ccc(N)cc3)c2C)ccc1OC(=O)c1ccc(OCCCC(F)(F)C(F)(F)F)cc1. The molecule has 47 heavy (non-hydrogen) atoms. The molecule has 0 saturated carbocycles. The number of nitrogens with two attached hydrogens (primary N) is 2. The van der Waals surface area contributed by atoms with Crippen molar-refractivity contribution in [2.45, 2.75) is 31.9 Å². The fourth-order valence-electron chi connectivity index (χ4n) is 4.63. The van der Waals surface area contributed by atoms with Crippen LogP contribution in [0.15, 0.2) is 84.9 Å². The highest BCUT2D eigenvalue weighted by Gasteiger charge is 2.56. The normalized spacial score (nSPS) is 11.8. The second-order valence-electron chi connectivity index (χ2n) is 10.5. The average molecular weight is 655 g/mol. The molecule has 4 aromatic carbocycles. The van der Waals surface area contributed by atoms with Gasteiger partial charge in [0.05, 0.1) is 19.3 Å². The highest BCUT2D eigenvalue weighted by molar-refractivity contribution is 6.12. The Bertz CT molecular complexity index is 1770. The van der Waals surface area contributed by atoms with Crippen molar-refractivity contribution >= 4 is 29.2 Å². The third-order valence-electron chi connectivity index (χ3n) is 7.19. The molecule has 4 N–H and O–H groups in total. The summed E-state index contributed by atoms with van der Waals surface area (Å²) in [5.74, 6) is -5.36. The Morgan fingerprint density at radius 3 is 2.17 bits per heavy atom. The molecule has 0 radical (unpaired) electrons. The quantitative estimate of drug-likeness (QED) is 0.0300. The zero-order valence-corrected chi connectivity index (χ0v) is 25.4. The summed E-state index contributed by atoms with van der Waals surface area (Å²) in [4.78, 5) is 26.0. The van der Waals surface area contributed by atoms with E-state index in [0.717, 1.165) is 16.7 Å². The van der Waals surface area contributed by atoms with E-state index in [2.05, 4.69) is 0 Å². The number of halogens is 5. The predicted octanol–water partition coefficient (Wildman–Crippen LogP) is 8.31. The summed E-state index contributed by atoms with van der Waals surface area (Å²) in [6, 6.07) is 20.9. The van der Waals surface area contributed by atoms with Gasteiger partial charge in [0.2, 0.25) is 0 Å². The Labute approximate surface area is 267 Å². The van der Waals surface area contributed by atoms with Gasteiger partial charge in [-0.3, -0.25) is 4.79 Å². The highest BCUT2D eigenvalue weighted by Crippen LogP contribution is 2.39. The molecule has 4 rings (SSSR count). The molecule has 0 heterocycles. The number of ketones is 1. The molecule has 0 unspecified atom stereocenters. The van der Waals surface area contributed by atoms with Crippen molar-refractivity contribution in [1.29, 1.82) is 0 Å². The van der Waals surface area contributed by atoms with Crippen molar-refractivity contribution < 1.29 is 45.8 Å². The number of methoxy groups -OCH3 is 1. The molecule has 0 spiro atoms. The Morgan fingerprint density at radius 2 is 1.53 bits per heavy atom. The first-order valence-electron chi connectivity index (χ1n) is 14.2. The van der Waals surface area contributed by atoms with Gasteiger partial charge in [-0.25, -0.2) is 4.79 Å². The fraction of sp³-hybridized carbons (Fsp3) is 0.200. The van der Waals surface area contributed by atoms with Crippen LogP contribution in [-0.2, 0) is 0 Å².